The fraction of sp³-hybridized carbons (Fsp3) is 0.593. The number of nitrogens with one attached hydrogen (secondary N) is 2. The molecule has 0 saturated carbocycles. The molecular formula is C27H41N3O4. The average Bonchev–Trinajstić information content (AvgIpc) is 2.77. The first-order valence-corrected chi connectivity index (χ1v) is 12.2. The summed E-state index contributed by atoms with van der Waals surface area (Å²) in [5.74, 6) is 1.98. The lowest BCUT2D eigenvalue weighted by molar-refractivity contribution is -0.142. The van der Waals surface area contributed by atoms with Crippen LogP contribution in [-0.4, -0.2) is 47.5 Å². The Labute approximate surface area is 205 Å². The predicted octanol–water partition coefficient (Wildman–Crippen LogP) is 4.56. The number of benzene rings is 1. The van der Waals surface area contributed by atoms with Crippen molar-refractivity contribution in [2.24, 2.45) is 0 Å². The number of unbranched alkanes of at least 4 members (excludes halogenated alkanes) is 3. The molecular weight excluding hydrogens is 430 g/mol. The molecule has 34 heavy (non-hydrogen) atoms. The third-order valence-electron chi connectivity index (χ3n) is 5.19. The van der Waals surface area contributed by atoms with Crippen molar-refractivity contribution in [1.82, 2.24) is 15.5 Å². The molecule has 0 spiro atoms. The molecule has 0 aliphatic rings. The number of nitrogens with zero attached hydrogens (tertiary/aromatic N) is 1. The van der Waals surface area contributed by atoms with Gasteiger partial charge in [0.15, 0.2) is 0 Å². The second-order valence-corrected chi connectivity index (χ2v) is 9.39. The van der Waals surface area contributed by atoms with E-state index in [1.807, 2.05) is 6.92 Å². The van der Waals surface area contributed by atoms with Crippen LogP contribution in [0.1, 0.15) is 90.8 Å². The van der Waals surface area contributed by atoms with Crippen molar-refractivity contribution < 1.29 is 19.1 Å². The van der Waals surface area contributed by atoms with Crippen LogP contribution in [0.25, 0.3) is 0 Å². The summed E-state index contributed by atoms with van der Waals surface area (Å²) in [6.45, 7) is 11.8. The van der Waals surface area contributed by atoms with Gasteiger partial charge >= 0.3 is 6.09 Å². The van der Waals surface area contributed by atoms with E-state index >= 15 is 0 Å². The van der Waals surface area contributed by atoms with Gasteiger partial charge in [-0.15, -0.1) is 6.42 Å². The third-order valence-corrected chi connectivity index (χ3v) is 5.19. The van der Waals surface area contributed by atoms with Gasteiger partial charge < -0.3 is 20.3 Å². The third kappa shape index (κ3) is 9.46. The summed E-state index contributed by atoms with van der Waals surface area (Å²) < 4.78 is 5.30. The maximum Gasteiger partial charge on any atom is 0.408 e. The Kier molecular flexibility index (Phi) is 12.2. The van der Waals surface area contributed by atoms with Crippen molar-refractivity contribution in [2.75, 3.05) is 13.1 Å². The monoisotopic (exact) mass is 471 g/mol. The second kappa shape index (κ2) is 14.3. The lowest BCUT2D eigenvalue weighted by Crippen LogP contribution is -2.52. The van der Waals surface area contributed by atoms with Gasteiger partial charge in [-0.05, 0) is 52.2 Å². The Balaban J connectivity index is 3.30. The SMILES string of the molecule is C#Cc1ccccc1C(C(=O)NCCCCC)N(CCCC)C(=O)C(C)NC(=O)OC(C)(C)C. The number of hydrogen-bond donors (Lipinski definition) is 2. The van der Waals surface area contributed by atoms with Gasteiger partial charge in [0.25, 0.3) is 0 Å². The standard InChI is InChI=1S/C27H41N3O4/c1-8-11-15-18-28-24(31)23(22-17-14-13-16-21(22)10-3)30(19-12-9-2)25(32)20(4)29-26(33)34-27(5,6)7/h3,13-14,16-17,20,23H,8-9,11-12,15,18-19H2,1-2,4-7H3,(H,28,31)(H,29,33). The minimum Gasteiger partial charge on any atom is -0.444 e. The molecule has 1 rings (SSSR count). The van der Waals surface area contributed by atoms with E-state index in [0.29, 0.717) is 30.6 Å². The van der Waals surface area contributed by atoms with Crippen molar-refractivity contribution in [3.8, 4) is 12.3 Å². The summed E-state index contributed by atoms with van der Waals surface area (Å²) in [7, 11) is 0. The second-order valence-electron chi connectivity index (χ2n) is 9.39. The Morgan fingerprint density at radius 2 is 1.74 bits per heavy atom. The van der Waals surface area contributed by atoms with Crippen LogP contribution in [0.3, 0.4) is 0 Å². The van der Waals surface area contributed by atoms with Gasteiger partial charge in [0, 0.05) is 18.7 Å². The summed E-state index contributed by atoms with van der Waals surface area (Å²) in [6.07, 6.45) is 9.46. The number of carbonyl (C=O) groups excluding carboxylic acids is 3. The highest BCUT2D eigenvalue weighted by Gasteiger charge is 2.35. The molecule has 0 aliphatic heterocycles. The molecule has 0 bridgehead atoms. The fourth-order valence-corrected chi connectivity index (χ4v) is 3.49. The van der Waals surface area contributed by atoms with Gasteiger partial charge in [-0.25, -0.2) is 4.79 Å². The zero-order valence-corrected chi connectivity index (χ0v) is 21.6. The fourth-order valence-electron chi connectivity index (χ4n) is 3.49. The van der Waals surface area contributed by atoms with Crippen molar-refractivity contribution in [3.63, 3.8) is 0 Å². The molecule has 0 fully saturated rings. The van der Waals surface area contributed by atoms with E-state index < -0.39 is 23.8 Å². The Morgan fingerprint density at radius 1 is 1.09 bits per heavy atom. The lowest BCUT2D eigenvalue weighted by atomic mass is 9.97. The van der Waals surface area contributed by atoms with Crippen molar-refractivity contribution in [1.29, 1.82) is 0 Å². The highest BCUT2D eigenvalue weighted by molar-refractivity contribution is 5.92. The number of hydrogen-bond acceptors (Lipinski definition) is 4. The molecule has 3 amide bonds. The maximum absolute atomic E-state index is 13.6. The van der Waals surface area contributed by atoms with Gasteiger partial charge in [0.2, 0.25) is 11.8 Å². The minimum absolute atomic E-state index is 0.285. The van der Waals surface area contributed by atoms with Gasteiger partial charge in [0.1, 0.15) is 17.7 Å². The average molecular weight is 472 g/mol. The van der Waals surface area contributed by atoms with Gasteiger partial charge in [-0.3, -0.25) is 9.59 Å². The molecule has 0 radical (unpaired) electrons. The lowest BCUT2D eigenvalue weighted by Gasteiger charge is -2.34. The zero-order chi connectivity index (χ0) is 25.7. The highest BCUT2D eigenvalue weighted by Crippen LogP contribution is 2.26. The van der Waals surface area contributed by atoms with Crippen molar-refractivity contribution in [2.45, 2.75) is 91.3 Å². The molecule has 0 saturated heterocycles. The number of ether oxygens (including phenoxy) is 1. The number of terminal acetylenes is 1. The van der Waals surface area contributed by atoms with Crippen LogP contribution >= 0.6 is 0 Å². The summed E-state index contributed by atoms with van der Waals surface area (Å²) in [5.41, 5.74) is 0.451. The van der Waals surface area contributed by atoms with E-state index in [1.165, 1.54) is 4.90 Å². The molecule has 2 atom stereocenters. The van der Waals surface area contributed by atoms with Gasteiger partial charge in [-0.1, -0.05) is 57.2 Å². The normalized spacial score (nSPS) is 12.7. The number of alkyl carbamates (subject to hydrolysis) is 1. The first kappa shape index (κ1) is 29.0. The van der Waals surface area contributed by atoms with Crippen LogP contribution in [0.5, 0.6) is 0 Å². The summed E-state index contributed by atoms with van der Waals surface area (Å²) in [5, 5.41) is 5.58. The number of carbonyl (C=O) groups is 3. The van der Waals surface area contributed by atoms with E-state index in [1.54, 1.807) is 52.0 Å². The zero-order valence-electron chi connectivity index (χ0n) is 21.6. The minimum atomic E-state index is -0.907. The van der Waals surface area contributed by atoms with Crippen molar-refractivity contribution >= 4 is 17.9 Å². The van der Waals surface area contributed by atoms with E-state index in [2.05, 4.69) is 23.5 Å². The van der Waals surface area contributed by atoms with Crippen LogP contribution in [0.15, 0.2) is 24.3 Å². The largest absolute Gasteiger partial charge is 0.444 e. The summed E-state index contributed by atoms with van der Waals surface area (Å²) in [6, 6.07) is 5.36. The molecule has 7 nitrogen and oxygen atoms in total. The first-order chi connectivity index (χ1) is 16.1. The smallest absolute Gasteiger partial charge is 0.408 e. The molecule has 2 N–H and O–H groups in total. The predicted molar refractivity (Wildman–Crippen MR) is 135 cm³/mol. The summed E-state index contributed by atoms with van der Waals surface area (Å²) >= 11 is 0. The molecule has 1 aromatic rings. The van der Waals surface area contributed by atoms with Crippen molar-refractivity contribution in [3.05, 3.63) is 35.4 Å². The van der Waals surface area contributed by atoms with E-state index in [4.69, 9.17) is 11.2 Å². The van der Waals surface area contributed by atoms with Gasteiger partial charge in [-0.2, -0.15) is 0 Å². The Hall–Kier alpha value is -3.01. The van der Waals surface area contributed by atoms with E-state index in [0.717, 1.165) is 25.7 Å². The molecule has 7 heteroatoms. The molecule has 0 aliphatic carbocycles. The quantitative estimate of drug-likeness (QED) is 0.346. The summed E-state index contributed by atoms with van der Waals surface area (Å²) in [4.78, 5) is 40.8. The molecule has 188 valence electrons. The van der Waals surface area contributed by atoms with E-state index in [9.17, 15) is 14.4 Å². The molecule has 0 aromatic heterocycles. The number of amides is 3. The Morgan fingerprint density at radius 3 is 2.32 bits per heavy atom. The molecule has 2 unspecified atom stereocenters. The Bertz CT molecular complexity index is 854. The van der Waals surface area contributed by atoms with Crippen LogP contribution in [-0.2, 0) is 14.3 Å². The van der Waals surface area contributed by atoms with Crippen LogP contribution in [0.4, 0.5) is 4.79 Å². The van der Waals surface area contributed by atoms with E-state index in [-0.39, 0.29) is 11.8 Å². The first-order valence-electron chi connectivity index (χ1n) is 12.2. The highest BCUT2D eigenvalue weighted by atomic mass is 16.6. The molecule has 1 aromatic carbocycles. The van der Waals surface area contributed by atoms with Gasteiger partial charge in [0.05, 0.1) is 0 Å². The van der Waals surface area contributed by atoms with Crippen LogP contribution in [0, 0.1) is 12.3 Å². The molecule has 0 heterocycles. The van der Waals surface area contributed by atoms with Crippen LogP contribution in [0.2, 0.25) is 0 Å². The van der Waals surface area contributed by atoms with Crippen LogP contribution < -0.4 is 10.6 Å². The topological polar surface area (TPSA) is 87.7 Å². The number of rotatable bonds is 12. The maximum atomic E-state index is 13.6.